The zero-order valence-electron chi connectivity index (χ0n) is 8.94. The number of aryl methyl sites for hydroxylation is 1. The van der Waals surface area contributed by atoms with E-state index in [-0.39, 0.29) is 0 Å². The summed E-state index contributed by atoms with van der Waals surface area (Å²) in [4.78, 5) is 3.92. The van der Waals surface area contributed by atoms with Crippen LogP contribution in [-0.2, 0) is 6.54 Å². The standard InChI is InChI=1S/C11H14N4/c1-9-3-4-10(11(5-9)12-2)6-15-8-13-7-14-15/h3-5,7-8,12H,6H2,1-2H3. The second-order valence-corrected chi connectivity index (χ2v) is 3.50. The predicted molar refractivity (Wildman–Crippen MR) is 59.8 cm³/mol. The van der Waals surface area contributed by atoms with Gasteiger partial charge in [0.25, 0.3) is 0 Å². The minimum absolute atomic E-state index is 0.746. The van der Waals surface area contributed by atoms with Gasteiger partial charge < -0.3 is 5.32 Å². The number of hydrogen-bond acceptors (Lipinski definition) is 3. The maximum Gasteiger partial charge on any atom is 0.137 e. The molecular formula is C11H14N4. The van der Waals surface area contributed by atoms with Crippen LogP contribution in [0.4, 0.5) is 5.69 Å². The van der Waals surface area contributed by atoms with Gasteiger partial charge >= 0.3 is 0 Å². The van der Waals surface area contributed by atoms with Gasteiger partial charge in [-0.05, 0) is 24.1 Å². The number of hydrogen-bond donors (Lipinski definition) is 1. The Balaban J connectivity index is 2.28. The fourth-order valence-electron chi connectivity index (χ4n) is 1.55. The Kier molecular flexibility index (Phi) is 2.67. The van der Waals surface area contributed by atoms with Gasteiger partial charge in [-0.3, -0.25) is 0 Å². The molecule has 4 nitrogen and oxygen atoms in total. The molecule has 0 spiro atoms. The summed E-state index contributed by atoms with van der Waals surface area (Å²) in [5, 5.41) is 7.27. The molecule has 1 heterocycles. The molecule has 0 saturated heterocycles. The van der Waals surface area contributed by atoms with Gasteiger partial charge in [-0.25, -0.2) is 9.67 Å². The zero-order valence-corrected chi connectivity index (χ0v) is 8.94. The third-order valence-corrected chi connectivity index (χ3v) is 2.33. The summed E-state index contributed by atoms with van der Waals surface area (Å²) in [5.41, 5.74) is 3.61. The third kappa shape index (κ3) is 2.15. The highest BCUT2D eigenvalue weighted by atomic mass is 15.3. The number of nitrogens with one attached hydrogen (secondary N) is 1. The molecule has 0 aliphatic heterocycles. The molecule has 0 bridgehead atoms. The van der Waals surface area contributed by atoms with Gasteiger partial charge in [0.2, 0.25) is 0 Å². The molecule has 78 valence electrons. The van der Waals surface area contributed by atoms with E-state index in [2.05, 4.69) is 40.5 Å². The average molecular weight is 202 g/mol. The largest absolute Gasteiger partial charge is 0.388 e. The Labute approximate surface area is 89.0 Å². The van der Waals surface area contributed by atoms with E-state index in [0.717, 1.165) is 12.2 Å². The Morgan fingerprint density at radius 2 is 2.27 bits per heavy atom. The molecule has 4 heteroatoms. The molecule has 15 heavy (non-hydrogen) atoms. The van der Waals surface area contributed by atoms with Crippen LogP contribution in [0.25, 0.3) is 0 Å². The molecule has 1 aromatic carbocycles. The second kappa shape index (κ2) is 4.13. The summed E-state index contributed by atoms with van der Waals surface area (Å²) in [7, 11) is 1.93. The van der Waals surface area contributed by atoms with Crippen molar-refractivity contribution >= 4 is 5.69 Å². The number of aromatic nitrogens is 3. The average Bonchev–Trinajstić information content (AvgIpc) is 2.73. The fourth-order valence-corrected chi connectivity index (χ4v) is 1.55. The first-order valence-electron chi connectivity index (χ1n) is 4.89. The number of rotatable bonds is 3. The SMILES string of the molecule is CNc1cc(C)ccc1Cn1cncn1. The summed E-state index contributed by atoms with van der Waals surface area (Å²) in [6, 6.07) is 6.35. The lowest BCUT2D eigenvalue weighted by Gasteiger charge is -2.09. The molecule has 0 radical (unpaired) electrons. The molecule has 1 N–H and O–H groups in total. The van der Waals surface area contributed by atoms with E-state index >= 15 is 0 Å². The number of anilines is 1. The van der Waals surface area contributed by atoms with E-state index in [1.54, 1.807) is 12.7 Å². The third-order valence-electron chi connectivity index (χ3n) is 2.33. The predicted octanol–water partition coefficient (Wildman–Crippen LogP) is 1.68. The van der Waals surface area contributed by atoms with E-state index in [1.807, 2.05) is 11.7 Å². The van der Waals surface area contributed by atoms with Crippen LogP contribution in [0.2, 0.25) is 0 Å². The van der Waals surface area contributed by atoms with Crippen molar-refractivity contribution in [2.24, 2.45) is 0 Å². The van der Waals surface area contributed by atoms with Gasteiger partial charge in [-0.1, -0.05) is 12.1 Å². The van der Waals surface area contributed by atoms with E-state index in [9.17, 15) is 0 Å². The monoisotopic (exact) mass is 202 g/mol. The van der Waals surface area contributed by atoms with Crippen LogP contribution in [-0.4, -0.2) is 21.8 Å². The van der Waals surface area contributed by atoms with Crippen molar-refractivity contribution in [3.63, 3.8) is 0 Å². The highest BCUT2D eigenvalue weighted by molar-refractivity contribution is 5.52. The molecule has 0 amide bonds. The lowest BCUT2D eigenvalue weighted by molar-refractivity contribution is 0.685. The van der Waals surface area contributed by atoms with Gasteiger partial charge in [0, 0.05) is 12.7 Å². The molecule has 0 aliphatic rings. The Hall–Kier alpha value is -1.84. The van der Waals surface area contributed by atoms with Crippen molar-refractivity contribution < 1.29 is 0 Å². The summed E-state index contributed by atoms with van der Waals surface area (Å²) >= 11 is 0. The molecule has 0 unspecified atom stereocenters. The van der Waals surface area contributed by atoms with Gasteiger partial charge in [-0.15, -0.1) is 0 Å². The van der Waals surface area contributed by atoms with Crippen LogP contribution in [0.5, 0.6) is 0 Å². The van der Waals surface area contributed by atoms with Crippen LogP contribution >= 0.6 is 0 Å². The van der Waals surface area contributed by atoms with Crippen LogP contribution < -0.4 is 5.32 Å². The Morgan fingerprint density at radius 3 is 2.93 bits per heavy atom. The number of benzene rings is 1. The highest BCUT2D eigenvalue weighted by Crippen LogP contribution is 2.17. The molecule has 0 atom stereocenters. The Bertz CT molecular complexity index is 434. The Morgan fingerprint density at radius 1 is 1.40 bits per heavy atom. The minimum Gasteiger partial charge on any atom is -0.388 e. The van der Waals surface area contributed by atoms with E-state index < -0.39 is 0 Å². The first-order valence-corrected chi connectivity index (χ1v) is 4.89. The van der Waals surface area contributed by atoms with Gasteiger partial charge in [0.05, 0.1) is 6.54 Å². The lowest BCUT2D eigenvalue weighted by Crippen LogP contribution is -2.03. The summed E-state index contributed by atoms with van der Waals surface area (Å²) in [6.07, 6.45) is 3.27. The highest BCUT2D eigenvalue weighted by Gasteiger charge is 2.02. The van der Waals surface area contributed by atoms with E-state index in [1.165, 1.54) is 11.1 Å². The van der Waals surface area contributed by atoms with Crippen molar-refractivity contribution in [3.8, 4) is 0 Å². The van der Waals surface area contributed by atoms with Gasteiger partial charge in [-0.2, -0.15) is 5.10 Å². The normalized spacial score (nSPS) is 10.3. The quantitative estimate of drug-likeness (QED) is 0.823. The molecule has 0 aliphatic carbocycles. The zero-order chi connectivity index (χ0) is 10.7. The summed E-state index contributed by atoms with van der Waals surface area (Å²) < 4.78 is 1.81. The van der Waals surface area contributed by atoms with E-state index in [4.69, 9.17) is 0 Å². The fraction of sp³-hybridized carbons (Fsp3) is 0.273. The van der Waals surface area contributed by atoms with Crippen LogP contribution in [0.15, 0.2) is 30.9 Å². The minimum atomic E-state index is 0.746. The van der Waals surface area contributed by atoms with Crippen molar-refractivity contribution in [2.75, 3.05) is 12.4 Å². The van der Waals surface area contributed by atoms with Crippen molar-refractivity contribution in [1.29, 1.82) is 0 Å². The molecule has 0 saturated carbocycles. The molecule has 1 aromatic heterocycles. The van der Waals surface area contributed by atoms with Gasteiger partial charge in [0.15, 0.2) is 0 Å². The first kappa shape index (κ1) is 9.71. The first-order chi connectivity index (χ1) is 7.29. The van der Waals surface area contributed by atoms with Crippen molar-refractivity contribution in [3.05, 3.63) is 42.0 Å². The number of nitrogens with zero attached hydrogens (tertiary/aromatic N) is 3. The molecular weight excluding hydrogens is 188 g/mol. The lowest BCUT2D eigenvalue weighted by atomic mass is 10.1. The van der Waals surface area contributed by atoms with Gasteiger partial charge in [0.1, 0.15) is 12.7 Å². The maximum atomic E-state index is 4.09. The summed E-state index contributed by atoms with van der Waals surface area (Å²) in [5.74, 6) is 0. The van der Waals surface area contributed by atoms with Crippen molar-refractivity contribution in [1.82, 2.24) is 14.8 Å². The van der Waals surface area contributed by atoms with Crippen LogP contribution in [0, 0.1) is 6.92 Å². The molecule has 2 aromatic rings. The van der Waals surface area contributed by atoms with Crippen LogP contribution in [0.3, 0.4) is 0 Å². The molecule has 2 rings (SSSR count). The topological polar surface area (TPSA) is 42.7 Å². The summed E-state index contributed by atoms with van der Waals surface area (Å²) in [6.45, 7) is 2.83. The van der Waals surface area contributed by atoms with Crippen LogP contribution in [0.1, 0.15) is 11.1 Å². The second-order valence-electron chi connectivity index (χ2n) is 3.50. The molecule has 0 fully saturated rings. The maximum absolute atomic E-state index is 4.09. The van der Waals surface area contributed by atoms with Crippen molar-refractivity contribution in [2.45, 2.75) is 13.5 Å². The smallest absolute Gasteiger partial charge is 0.137 e. The van der Waals surface area contributed by atoms with E-state index in [0.29, 0.717) is 0 Å².